The maximum atomic E-state index is 12.1. The summed E-state index contributed by atoms with van der Waals surface area (Å²) in [4.78, 5) is 17.0. The summed E-state index contributed by atoms with van der Waals surface area (Å²) in [5, 5.41) is 8.58. The molecule has 1 N–H and O–H groups in total. The third-order valence-corrected chi connectivity index (χ3v) is 4.32. The van der Waals surface area contributed by atoms with Crippen molar-refractivity contribution in [2.24, 2.45) is 5.92 Å². The van der Waals surface area contributed by atoms with Crippen LogP contribution in [0, 0.1) is 5.92 Å². The minimum absolute atomic E-state index is 0.0859. The molecule has 0 radical (unpaired) electrons. The summed E-state index contributed by atoms with van der Waals surface area (Å²) in [6.45, 7) is 4.94. The Morgan fingerprint density at radius 1 is 1.36 bits per heavy atom. The van der Waals surface area contributed by atoms with E-state index in [-0.39, 0.29) is 5.91 Å². The van der Waals surface area contributed by atoms with Crippen LogP contribution in [0.4, 0.5) is 0 Å². The number of aromatic nitrogens is 2. The number of nitrogens with zero attached hydrogens (tertiary/aromatic N) is 2. The Balaban J connectivity index is 1.77. The molecule has 6 heteroatoms. The Hall–Kier alpha value is -2.21. The zero-order valence-electron chi connectivity index (χ0n) is 12.5. The minimum Gasteiger partial charge on any atom is -0.356 e. The van der Waals surface area contributed by atoms with Gasteiger partial charge in [-0.1, -0.05) is 31.1 Å². The average molecular weight is 315 g/mol. The number of amides is 1. The van der Waals surface area contributed by atoms with Gasteiger partial charge in [0, 0.05) is 6.54 Å². The molecule has 1 amide bonds. The van der Waals surface area contributed by atoms with E-state index in [4.69, 9.17) is 4.52 Å². The first-order chi connectivity index (χ1) is 10.6. The van der Waals surface area contributed by atoms with Crippen LogP contribution < -0.4 is 5.32 Å². The van der Waals surface area contributed by atoms with E-state index in [1.807, 2.05) is 24.3 Å². The van der Waals surface area contributed by atoms with Gasteiger partial charge in [-0.25, -0.2) is 4.98 Å². The van der Waals surface area contributed by atoms with Gasteiger partial charge < -0.3 is 9.84 Å². The second-order valence-electron chi connectivity index (χ2n) is 5.50. The van der Waals surface area contributed by atoms with E-state index in [9.17, 15) is 4.79 Å². The molecule has 3 rings (SSSR count). The summed E-state index contributed by atoms with van der Waals surface area (Å²) in [6, 6.07) is 7.62. The van der Waals surface area contributed by atoms with E-state index in [2.05, 4.69) is 29.3 Å². The predicted molar refractivity (Wildman–Crippen MR) is 86.9 cm³/mol. The maximum absolute atomic E-state index is 12.1. The van der Waals surface area contributed by atoms with Gasteiger partial charge in [0.25, 0.3) is 5.91 Å². The molecule has 0 aliphatic heterocycles. The van der Waals surface area contributed by atoms with Crippen LogP contribution in [0.5, 0.6) is 0 Å². The number of carbonyl (C=O) groups is 1. The molecule has 0 fully saturated rings. The molecule has 3 aromatic rings. The number of carbonyl (C=O) groups excluding carboxylic acids is 1. The maximum Gasteiger partial charge on any atom is 0.263 e. The number of thiazole rings is 1. The Morgan fingerprint density at radius 2 is 2.18 bits per heavy atom. The fourth-order valence-electron chi connectivity index (χ4n) is 2.09. The lowest BCUT2D eigenvalue weighted by atomic mass is 10.1. The summed E-state index contributed by atoms with van der Waals surface area (Å²) in [6.07, 6.45) is 2.56. The number of hydrogen-bond acceptors (Lipinski definition) is 5. The number of nitrogens with one attached hydrogen (secondary N) is 1. The van der Waals surface area contributed by atoms with E-state index in [1.165, 1.54) is 11.3 Å². The highest BCUT2D eigenvalue weighted by Gasteiger charge is 2.16. The standard InChI is InChI=1S/C16H17N3O2S/c1-10(2)7-8-17-15(20)13-9-18-16(22-13)14-11-5-3-4-6-12(11)21-19-14/h3-6,9-10H,7-8H2,1-2H3,(H,17,20). The van der Waals surface area contributed by atoms with Crippen LogP contribution in [-0.4, -0.2) is 22.6 Å². The average Bonchev–Trinajstić information content (AvgIpc) is 3.13. The van der Waals surface area contributed by atoms with Crippen LogP contribution in [0.2, 0.25) is 0 Å². The summed E-state index contributed by atoms with van der Waals surface area (Å²) in [7, 11) is 0. The first kappa shape index (κ1) is 14.7. The topological polar surface area (TPSA) is 68.0 Å². The van der Waals surface area contributed by atoms with Gasteiger partial charge in [0.1, 0.15) is 15.6 Å². The van der Waals surface area contributed by atoms with Gasteiger partial charge in [0.2, 0.25) is 0 Å². The van der Waals surface area contributed by atoms with Crippen molar-refractivity contribution in [3.63, 3.8) is 0 Å². The smallest absolute Gasteiger partial charge is 0.263 e. The van der Waals surface area contributed by atoms with Crippen LogP contribution in [0.15, 0.2) is 35.0 Å². The molecule has 0 atom stereocenters. The van der Waals surface area contributed by atoms with E-state index < -0.39 is 0 Å². The molecule has 0 aliphatic carbocycles. The second-order valence-corrected chi connectivity index (χ2v) is 6.53. The molecular weight excluding hydrogens is 298 g/mol. The van der Waals surface area contributed by atoms with Crippen molar-refractivity contribution < 1.29 is 9.32 Å². The molecule has 1 aromatic carbocycles. The minimum atomic E-state index is -0.0859. The quantitative estimate of drug-likeness (QED) is 0.779. The number of fused-ring (bicyclic) bond motifs is 1. The van der Waals surface area contributed by atoms with Crippen molar-refractivity contribution in [2.45, 2.75) is 20.3 Å². The van der Waals surface area contributed by atoms with Crippen LogP contribution in [0.1, 0.15) is 29.9 Å². The third kappa shape index (κ3) is 3.01. The number of benzene rings is 1. The lowest BCUT2D eigenvalue weighted by molar-refractivity contribution is 0.0956. The van der Waals surface area contributed by atoms with Crippen LogP contribution >= 0.6 is 11.3 Å². The Labute approximate surface area is 132 Å². The molecular formula is C16H17N3O2S. The molecule has 0 unspecified atom stereocenters. The SMILES string of the molecule is CC(C)CCNC(=O)c1cnc(-c2noc3ccccc23)s1. The van der Waals surface area contributed by atoms with Crippen molar-refractivity contribution in [2.75, 3.05) is 6.54 Å². The number of rotatable bonds is 5. The summed E-state index contributed by atoms with van der Waals surface area (Å²) >= 11 is 1.33. The largest absolute Gasteiger partial charge is 0.356 e. The molecule has 2 aromatic heterocycles. The van der Waals surface area contributed by atoms with Crippen LogP contribution in [-0.2, 0) is 0 Å². The van der Waals surface area contributed by atoms with Crippen molar-refractivity contribution >= 4 is 28.2 Å². The highest BCUT2D eigenvalue weighted by atomic mass is 32.1. The highest BCUT2D eigenvalue weighted by Crippen LogP contribution is 2.30. The normalized spacial score (nSPS) is 11.2. The molecule has 0 spiro atoms. The van der Waals surface area contributed by atoms with E-state index in [1.54, 1.807) is 6.20 Å². The number of hydrogen-bond donors (Lipinski definition) is 1. The van der Waals surface area contributed by atoms with E-state index >= 15 is 0 Å². The second kappa shape index (κ2) is 6.27. The van der Waals surface area contributed by atoms with Gasteiger partial charge in [-0.15, -0.1) is 11.3 Å². The fourth-order valence-corrected chi connectivity index (χ4v) is 2.92. The molecule has 2 heterocycles. The van der Waals surface area contributed by atoms with Gasteiger partial charge in [-0.05, 0) is 24.5 Å². The Kier molecular flexibility index (Phi) is 4.20. The number of para-hydroxylation sites is 1. The van der Waals surface area contributed by atoms with Crippen molar-refractivity contribution in [3.8, 4) is 10.7 Å². The molecule has 0 saturated heterocycles. The highest BCUT2D eigenvalue weighted by molar-refractivity contribution is 7.17. The fraction of sp³-hybridized carbons (Fsp3) is 0.312. The summed E-state index contributed by atoms with van der Waals surface area (Å²) < 4.78 is 5.28. The van der Waals surface area contributed by atoms with E-state index in [0.29, 0.717) is 28.0 Å². The lowest BCUT2D eigenvalue weighted by Crippen LogP contribution is -2.24. The van der Waals surface area contributed by atoms with Crippen LogP contribution in [0.25, 0.3) is 21.7 Å². The Morgan fingerprint density at radius 3 is 3.00 bits per heavy atom. The molecule has 0 bridgehead atoms. The zero-order chi connectivity index (χ0) is 15.5. The first-order valence-electron chi connectivity index (χ1n) is 7.24. The first-order valence-corrected chi connectivity index (χ1v) is 8.05. The molecule has 0 aliphatic rings. The zero-order valence-corrected chi connectivity index (χ0v) is 13.3. The monoisotopic (exact) mass is 315 g/mol. The Bertz CT molecular complexity index is 791. The van der Waals surface area contributed by atoms with Gasteiger partial charge >= 0.3 is 0 Å². The van der Waals surface area contributed by atoms with E-state index in [0.717, 1.165) is 17.4 Å². The molecule has 0 saturated carbocycles. The predicted octanol–water partition coefficient (Wildman–Crippen LogP) is 3.73. The summed E-state index contributed by atoms with van der Waals surface area (Å²) in [5.41, 5.74) is 1.40. The van der Waals surface area contributed by atoms with Gasteiger partial charge in [0.05, 0.1) is 11.6 Å². The lowest BCUT2D eigenvalue weighted by Gasteiger charge is -2.05. The van der Waals surface area contributed by atoms with Crippen molar-refractivity contribution in [1.82, 2.24) is 15.5 Å². The molecule has 22 heavy (non-hydrogen) atoms. The van der Waals surface area contributed by atoms with Gasteiger partial charge in [-0.3, -0.25) is 4.79 Å². The van der Waals surface area contributed by atoms with Gasteiger partial charge in [0.15, 0.2) is 5.58 Å². The molecule has 5 nitrogen and oxygen atoms in total. The summed E-state index contributed by atoms with van der Waals surface area (Å²) in [5.74, 6) is 0.482. The third-order valence-electron chi connectivity index (χ3n) is 3.32. The molecule has 114 valence electrons. The van der Waals surface area contributed by atoms with Crippen LogP contribution in [0.3, 0.4) is 0 Å². The van der Waals surface area contributed by atoms with Gasteiger partial charge in [-0.2, -0.15) is 0 Å². The van der Waals surface area contributed by atoms with Crippen molar-refractivity contribution in [3.05, 3.63) is 35.3 Å². The van der Waals surface area contributed by atoms with Crippen molar-refractivity contribution in [1.29, 1.82) is 0 Å².